The average molecular weight is 304 g/mol. The highest BCUT2D eigenvalue weighted by atomic mass is 79.9. The minimum atomic E-state index is -0.934. The summed E-state index contributed by atoms with van der Waals surface area (Å²) in [6.45, 7) is 0.127. The van der Waals surface area contributed by atoms with Crippen LogP contribution < -0.4 is 0 Å². The number of aliphatic hydroxyl groups excluding tert-OH is 2. The molecule has 1 aromatic rings. The van der Waals surface area contributed by atoms with Gasteiger partial charge < -0.3 is 15.1 Å². The van der Waals surface area contributed by atoms with Crippen molar-refractivity contribution in [1.29, 1.82) is 0 Å². The predicted octanol–water partition coefficient (Wildman–Crippen LogP) is 0.766. The van der Waals surface area contributed by atoms with Crippen LogP contribution >= 0.6 is 15.9 Å². The molecule has 0 unspecified atom stereocenters. The molecule has 1 aliphatic heterocycles. The third-order valence-electron chi connectivity index (χ3n) is 2.66. The van der Waals surface area contributed by atoms with E-state index < -0.39 is 23.9 Å². The number of carbonyl (C=O) groups is 1. The van der Waals surface area contributed by atoms with E-state index in [4.69, 9.17) is 0 Å². The van der Waals surface area contributed by atoms with E-state index in [1.165, 1.54) is 17.0 Å². The lowest BCUT2D eigenvalue weighted by molar-refractivity contribution is 0.0572. The van der Waals surface area contributed by atoms with Crippen LogP contribution in [-0.2, 0) is 0 Å². The number of hydrogen-bond acceptors (Lipinski definition) is 3. The van der Waals surface area contributed by atoms with Crippen LogP contribution in [0.25, 0.3) is 0 Å². The summed E-state index contributed by atoms with van der Waals surface area (Å²) in [5.74, 6) is -0.913. The van der Waals surface area contributed by atoms with Gasteiger partial charge >= 0.3 is 0 Å². The fourth-order valence-corrected chi connectivity index (χ4v) is 2.26. The molecule has 1 heterocycles. The summed E-state index contributed by atoms with van der Waals surface area (Å²) in [6, 6.07) is 3.89. The summed E-state index contributed by atoms with van der Waals surface area (Å²) in [7, 11) is 0. The third-order valence-corrected chi connectivity index (χ3v) is 3.11. The number of aliphatic hydroxyl groups is 2. The first-order valence-corrected chi connectivity index (χ1v) is 5.88. The van der Waals surface area contributed by atoms with Gasteiger partial charge in [-0.05, 0) is 18.2 Å². The van der Waals surface area contributed by atoms with Gasteiger partial charge in [0, 0.05) is 23.1 Å². The lowest BCUT2D eigenvalue weighted by Crippen LogP contribution is -2.29. The Labute approximate surface area is 106 Å². The quantitative estimate of drug-likeness (QED) is 0.805. The standard InChI is InChI=1S/C11H11BrFNO3/c12-7-1-6(2-8(13)3-7)11(17)14-4-9(15)10(16)5-14/h1-3,9-10,15-16H,4-5H2/t9-,10+. The van der Waals surface area contributed by atoms with Crippen LogP contribution in [0, 0.1) is 5.82 Å². The van der Waals surface area contributed by atoms with Crippen molar-refractivity contribution in [3.63, 3.8) is 0 Å². The number of halogens is 2. The molecule has 1 aliphatic rings. The normalized spacial score (nSPS) is 24.1. The van der Waals surface area contributed by atoms with Crippen molar-refractivity contribution >= 4 is 21.8 Å². The SMILES string of the molecule is O=C(c1cc(F)cc(Br)c1)N1C[C@@H](O)[C@@H](O)C1. The molecule has 92 valence electrons. The summed E-state index contributed by atoms with van der Waals surface area (Å²) in [5, 5.41) is 18.7. The third kappa shape index (κ3) is 2.65. The number of β-amino-alcohol motifs (C(OH)–C–C–N with tert-alkyl or cyclic N) is 2. The topological polar surface area (TPSA) is 60.8 Å². The summed E-state index contributed by atoms with van der Waals surface area (Å²) in [6.07, 6.45) is -1.87. The zero-order valence-corrected chi connectivity index (χ0v) is 10.4. The molecule has 4 nitrogen and oxygen atoms in total. The van der Waals surface area contributed by atoms with Gasteiger partial charge in [-0.1, -0.05) is 15.9 Å². The number of benzene rings is 1. The zero-order valence-electron chi connectivity index (χ0n) is 8.81. The smallest absolute Gasteiger partial charge is 0.254 e. The molecule has 1 aromatic carbocycles. The van der Waals surface area contributed by atoms with E-state index in [9.17, 15) is 19.4 Å². The van der Waals surface area contributed by atoms with Gasteiger partial charge in [0.2, 0.25) is 0 Å². The lowest BCUT2D eigenvalue weighted by Gasteiger charge is -2.15. The van der Waals surface area contributed by atoms with Crippen molar-refractivity contribution in [2.45, 2.75) is 12.2 Å². The van der Waals surface area contributed by atoms with Gasteiger partial charge in [-0.25, -0.2) is 4.39 Å². The van der Waals surface area contributed by atoms with Gasteiger partial charge in [0.05, 0.1) is 12.2 Å². The Morgan fingerprint density at radius 2 is 1.88 bits per heavy atom. The Hall–Kier alpha value is -0.980. The highest BCUT2D eigenvalue weighted by molar-refractivity contribution is 9.10. The second-order valence-corrected chi connectivity index (χ2v) is 4.92. The molecular weight excluding hydrogens is 293 g/mol. The highest BCUT2D eigenvalue weighted by Gasteiger charge is 2.33. The number of hydrogen-bond donors (Lipinski definition) is 2. The largest absolute Gasteiger partial charge is 0.388 e. The maximum atomic E-state index is 13.1. The molecule has 0 spiro atoms. The predicted molar refractivity (Wildman–Crippen MR) is 62.0 cm³/mol. The highest BCUT2D eigenvalue weighted by Crippen LogP contribution is 2.19. The van der Waals surface area contributed by atoms with Crippen LogP contribution in [-0.4, -0.2) is 46.3 Å². The average Bonchev–Trinajstić information content (AvgIpc) is 2.57. The second-order valence-electron chi connectivity index (χ2n) is 4.00. The molecule has 2 N–H and O–H groups in total. The van der Waals surface area contributed by atoms with Gasteiger partial charge in [-0.15, -0.1) is 0 Å². The summed E-state index contributed by atoms with van der Waals surface area (Å²) < 4.78 is 13.6. The molecule has 1 fully saturated rings. The van der Waals surface area contributed by atoms with Crippen LogP contribution in [0.2, 0.25) is 0 Å². The van der Waals surface area contributed by atoms with Crippen LogP contribution in [0.4, 0.5) is 4.39 Å². The van der Waals surface area contributed by atoms with Crippen molar-refractivity contribution in [3.05, 3.63) is 34.1 Å². The number of likely N-dealkylation sites (tertiary alicyclic amines) is 1. The Morgan fingerprint density at radius 1 is 1.29 bits per heavy atom. The van der Waals surface area contributed by atoms with E-state index in [1.54, 1.807) is 0 Å². The van der Waals surface area contributed by atoms with Gasteiger partial charge in [0.1, 0.15) is 5.82 Å². The van der Waals surface area contributed by atoms with Crippen molar-refractivity contribution in [2.24, 2.45) is 0 Å². The van der Waals surface area contributed by atoms with Gasteiger partial charge in [0.15, 0.2) is 0 Å². The first-order valence-electron chi connectivity index (χ1n) is 5.09. The van der Waals surface area contributed by atoms with Crippen LogP contribution in [0.15, 0.2) is 22.7 Å². The molecule has 0 aromatic heterocycles. The lowest BCUT2D eigenvalue weighted by atomic mass is 10.2. The fourth-order valence-electron chi connectivity index (χ4n) is 1.80. The molecule has 2 atom stereocenters. The fraction of sp³-hybridized carbons (Fsp3) is 0.364. The van der Waals surface area contributed by atoms with Crippen LogP contribution in [0.5, 0.6) is 0 Å². The van der Waals surface area contributed by atoms with Gasteiger partial charge in [0.25, 0.3) is 5.91 Å². The van der Waals surface area contributed by atoms with Gasteiger partial charge in [-0.2, -0.15) is 0 Å². The molecule has 0 saturated carbocycles. The number of nitrogens with zero attached hydrogens (tertiary/aromatic N) is 1. The first kappa shape index (κ1) is 12.5. The van der Waals surface area contributed by atoms with Crippen molar-refractivity contribution in [2.75, 3.05) is 13.1 Å². The van der Waals surface area contributed by atoms with E-state index in [2.05, 4.69) is 15.9 Å². The Kier molecular flexibility index (Phi) is 3.46. The molecule has 1 amide bonds. The van der Waals surface area contributed by atoms with E-state index in [-0.39, 0.29) is 18.7 Å². The molecule has 0 aliphatic carbocycles. The molecule has 0 radical (unpaired) electrons. The molecule has 0 bridgehead atoms. The Morgan fingerprint density at radius 3 is 2.41 bits per heavy atom. The second kappa shape index (κ2) is 4.72. The van der Waals surface area contributed by atoms with E-state index in [1.807, 2.05) is 0 Å². The molecule has 1 saturated heterocycles. The minimum absolute atomic E-state index is 0.0636. The van der Waals surface area contributed by atoms with Gasteiger partial charge in [-0.3, -0.25) is 4.79 Å². The molecule has 6 heteroatoms. The number of amides is 1. The maximum absolute atomic E-state index is 13.1. The monoisotopic (exact) mass is 303 g/mol. The van der Waals surface area contributed by atoms with Crippen LogP contribution in [0.1, 0.15) is 10.4 Å². The molecular formula is C11H11BrFNO3. The van der Waals surface area contributed by atoms with Crippen molar-refractivity contribution in [3.8, 4) is 0 Å². The molecule has 17 heavy (non-hydrogen) atoms. The summed E-state index contributed by atoms with van der Waals surface area (Å²) in [5.41, 5.74) is 0.193. The maximum Gasteiger partial charge on any atom is 0.254 e. The van der Waals surface area contributed by atoms with E-state index in [0.717, 1.165) is 6.07 Å². The summed E-state index contributed by atoms with van der Waals surface area (Å²) in [4.78, 5) is 13.3. The molecule has 2 rings (SSSR count). The van der Waals surface area contributed by atoms with E-state index in [0.29, 0.717) is 4.47 Å². The Balaban J connectivity index is 2.20. The first-order chi connectivity index (χ1) is 7.97. The zero-order chi connectivity index (χ0) is 12.6. The van der Waals surface area contributed by atoms with Crippen LogP contribution in [0.3, 0.4) is 0 Å². The van der Waals surface area contributed by atoms with Crippen molar-refractivity contribution < 1.29 is 19.4 Å². The van der Waals surface area contributed by atoms with Crippen molar-refractivity contribution in [1.82, 2.24) is 4.90 Å². The Bertz CT molecular complexity index is 424. The number of carbonyl (C=O) groups excluding carboxylic acids is 1. The minimum Gasteiger partial charge on any atom is -0.388 e. The van der Waals surface area contributed by atoms with E-state index >= 15 is 0 Å². The summed E-state index contributed by atoms with van der Waals surface area (Å²) >= 11 is 3.10. The number of rotatable bonds is 1.